The van der Waals surface area contributed by atoms with Crippen LogP contribution in [0.5, 0.6) is 0 Å². The normalized spacial score (nSPS) is 22.1. The summed E-state index contributed by atoms with van der Waals surface area (Å²) in [5.41, 5.74) is 2.24. The highest BCUT2D eigenvalue weighted by Gasteiger charge is 2.46. The number of hydrogen-bond acceptors (Lipinski definition) is 1. The second kappa shape index (κ2) is 5.59. The molecule has 1 aromatic rings. The van der Waals surface area contributed by atoms with Crippen LogP contribution in [0.4, 0.5) is 0 Å². The fraction of sp³-hybridized carbons (Fsp3) is 0.611. The number of nitrogens with one attached hydrogen (secondary N) is 1. The highest BCUT2D eigenvalue weighted by atomic mass is 16.2. The van der Waals surface area contributed by atoms with Crippen molar-refractivity contribution in [1.82, 2.24) is 5.32 Å². The van der Waals surface area contributed by atoms with Gasteiger partial charge in [-0.1, -0.05) is 55.5 Å². The summed E-state index contributed by atoms with van der Waals surface area (Å²) in [6, 6.07) is 8.93. The van der Waals surface area contributed by atoms with Gasteiger partial charge in [0.05, 0.1) is 5.41 Å². The van der Waals surface area contributed by atoms with Crippen LogP contribution in [0.25, 0.3) is 0 Å². The molecule has 0 heterocycles. The molecule has 2 heteroatoms. The monoisotopic (exact) mass is 271 g/mol. The van der Waals surface area contributed by atoms with Crippen molar-refractivity contribution >= 4 is 5.91 Å². The molecule has 2 fully saturated rings. The topological polar surface area (TPSA) is 29.1 Å². The average molecular weight is 271 g/mol. The van der Waals surface area contributed by atoms with Crippen LogP contribution in [0.15, 0.2) is 24.3 Å². The quantitative estimate of drug-likeness (QED) is 0.888. The molecule has 1 N–H and O–H groups in total. The van der Waals surface area contributed by atoms with E-state index in [9.17, 15) is 4.79 Å². The zero-order valence-corrected chi connectivity index (χ0v) is 12.5. The SMILES string of the molecule is Cc1cccc(C2(C(=O)NC3CCCCC3)CCC2)c1. The zero-order valence-electron chi connectivity index (χ0n) is 12.5. The van der Waals surface area contributed by atoms with E-state index >= 15 is 0 Å². The highest BCUT2D eigenvalue weighted by Crippen LogP contribution is 2.44. The minimum absolute atomic E-state index is 0.233. The first-order valence-electron chi connectivity index (χ1n) is 8.09. The van der Waals surface area contributed by atoms with E-state index in [1.54, 1.807) is 0 Å². The van der Waals surface area contributed by atoms with E-state index < -0.39 is 0 Å². The molecular formula is C18H25NO. The lowest BCUT2D eigenvalue weighted by Crippen LogP contribution is -2.52. The predicted octanol–water partition coefficient (Wildman–Crippen LogP) is 3.87. The molecule has 0 aliphatic heterocycles. The van der Waals surface area contributed by atoms with Gasteiger partial charge in [-0.25, -0.2) is 0 Å². The molecule has 2 nitrogen and oxygen atoms in total. The standard InChI is InChI=1S/C18H25NO/c1-14-7-5-8-15(13-14)18(11-6-12-18)17(20)19-16-9-3-2-4-10-16/h5,7-8,13,16H,2-4,6,9-12H2,1H3,(H,19,20). The van der Waals surface area contributed by atoms with Crippen molar-refractivity contribution in [2.45, 2.75) is 69.7 Å². The Balaban J connectivity index is 1.76. The van der Waals surface area contributed by atoms with Crippen molar-refractivity contribution < 1.29 is 4.79 Å². The molecule has 0 bridgehead atoms. The third-order valence-electron chi connectivity index (χ3n) is 5.15. The van der Waals surface area contributed by atoms with Gasteiger partial charge in [0, 0.05) is 6.04 Å². The Hall–Kier alpha value is -1.31. The maximum Gasteiger partial charge on any atom is 0.230 e. The molecule has 0 saturated heterocycles. The molecular weight excluding hydrogens is 246 g/mol. The molecule has 2 aliphatic carbocycles. The lowest BCUT2D eigenvalue weighted by Gasteiger charge is -2.42. The van der Waals surface area contributed by atoms with Crippen LogP contribution in [0, 0.1) is 6.92 Å². The molecule has 0 spiro atoms. The van der Waals surface area contributed by atoms with Gasteiger partial charge in [0.2, 0.25) is 5.91 Å². The third-order valence-corrected chi connectivity index (χ3v) is 5.15. The number of amides is 1. The number of hydrogen-bond donors (Lipinski definition) is 1. The first-order valence-corrected chi connectivity index (χ1v) is 8.09. The van der Waals surface area contributed by atoms with E-state index in [0.717, 1.165) is 25.7 Å². The van der Waals surface area contributed by atoms with Crippen molar-refractivity contribution in [3.63, 3.8) is 0 Å². The molecule has 0 atom stereocenters. The smallest absolute Gasteiger partial charge is 0.230 e. The van der Waals surface area contributed by atoms with E-state index in [1.165, 1.54) is 36.8 Å². The van der Waals surface area contributed by atoms with Crippen molar-refractivity contribution in [3.05, 3.63) is 35.4 Å². The Kier molecular flexibility index (Phi) is 3.82. The summed E-state index contributed by atoms with van der Waals surface area (Å²) in [5.74, 6) is 0.279. The Bertz CT molecular complexity index is 484. The lowest BCUT2D eigenvalue weighted by atomic mass is 9.63. The number of aryl methyl sites for hydroxylation is 1. The van der Waals surface area contributed by atoms with E-state index in [0.29, 0.717) is 6.04 Å². The largest absolute Gasteiger partial charge is 0.353 e. The maximum atomic E-state index is 12.8. The highest BCUT2D eigenvalue weighted by molar-refractivity contribution is 5.89. The van der Waals surface area contributed by atoms with Crippen LogP contribution in [0.3, 0.4) is 0 Å². The molecule has 1 aromatic carbocycles. The summed E-state index contributed by atoms with van der Waals surface area (Å²) in [6.45, 7) is 2.11. The first-order chi connectivity index (χ1) is 9.71. The Morgan fingerprint density at radius 2 is 1.90 bits per heavy atom. The summed E-state index contributed by atoms with van der Waals surface area (Å²) < 4.78 is 0. The number of rotatable bonds is 3. The molecule has 0 unspecified atom stereocenters. The van der Waals surface area contributed by atoms with Gasteiger partial charge < -0.3 is 5.32 Å². The summed E-state index contributed by atoms with van der Waals surface area (Å²) in [5, 5.41) is 3.34. The first kappa shape index (κ1) is 13.7. The molecule has 0 aromatic heterocycles. The number of carbonyl (C=O) groups excluding carboxylic acids is 1. The fourth-order valence-corrected chi connectivity index (χ4v) is 3.69. The molecule has 0 radical (unpaired) electrons. The van der Waals surface area contributed by atoms with Crippen LogP contribution >= 0.6 is 0 Å². The van der Waals surface area contributed by atoms with Crippen LogP contribution in [-0.4, -0.2) is 11.9 Å². The molecule has 2 saturated carbocycles. The van der Waals surface area contributed by atoms with Gasteiger partial charge in [0.15, 0.2) is 0 Å². The minimum Gasteiger partial charge on any atom is -0.353 e. The molecule has 1 amide bonds. The zero-order chi connectivity index (χ0) is 14.0. The fourth-order valence-electron chi connectivity index (χ4n) is 3.69. The second-order valence-corrected chi connectivity index (χ2v) is 6.61. The van der Waals surface area contributed by atoms with Gasteiger partial charge >= 0.3 is 0 Å². The second-order valence-electron chi connectivity index (χ2n) is 6.61. The van der Waals surface area contributed by atoms with Crippen LogP contribution in [0.1, 0.15) is 62.5 Å². The summed E-state index contributed by atoms with van der Waals surface area (Å²) in [7, 11) is 0. The molecule has 108 valence electrons. The van der Waals surface area contributed by atoms with E-state index in [-0.39, 0.29) is 11.3 Å². The number of carbonyl (C=O) groups is 1. The van der Waals surface area contributed by atoms with Gasteiger partial charge in [-0.15, -0.1) is 0 Å². The molecule has 2 aliphatic rings. The van der Waals surface area contributed by atoms with E-state index in [1.807, 2.05) is 0 Å². The summed E-state index contributed by atoms with van der Waals surface area (Å²) >= 11 is 0. The molecule has 3 rings (SSSR count). The Labute approximate surface area is 122 Å². The maximum absolute atomic E-state index is 12.8. The number of benzene rings is 1. The van der Waals surface area contributed by atoms with E-state index in [2.05, 4.69) is 36.5 Å². The van der Waals surface area contributed by atoms with Crippen LogP contribution < -0.4 is 5.32 Å². The summed E-state index contributed by atoms with van der Waals surface area (Å²) in [4.78, 5) is 12.8. The van der Waals surface area contributed by atoms with Crippen molar-refractivity contribution in [2.24, 2.45) is 0 Å². The van der Waals surface area contributed by atoms with Gasteiger partial charge in [-0.05, 0) is 38.2 Å². The van der Waals surface area contributed by atoms with Gasteiger partial charge in [0.1, 0.15) is 0 Å². The minimum atomic E-state index is -0.233. The van der Waals surface area contributed by atoms with Crippen LogP contribution in [-0.2, 0) is 10.2 Å². The third kappa shape index (κ3) is 2.48. The molecule has 20 heavy (non-hydrogen) atoms. The summed E-state index contributed by atoms with van der Waals surface area (Å²) in [6.07, 6.45) is 9.38. The Morgan fingerprint density at radius 3 is 2.50 bits per heavy atom. The van der Waals surface area contributed by atoms with Crippen molar-refractivity contribution in [1.29, 1.82) is 0 Å². The van der Waals surface area contributed by atoms with Gasteiger partial charge in [-0.2, -0.15) is 0 Å². The average Bonchev–Trinajstić information content (AvgIpc) is 2.38. The van der Waals surface area contributed by atoms with E-state index in [4.69, 9.17) is 0 Å². The van der Waals surface area contributed by atoms with Gasteiger partial charge in [-0.3, -0.25) is 4.79 Å². The van der Waals surface area contributed by atoms with Crippen molar-refractivity contribution in [2.75, 3.05) is 0 Å². The lowest BCUT2D eigenvalue weighted by molar-refractivity contribution is -0.130. The van der Waals surface area contributed by atoms with Crippen molar-refractivity contribution in [3.8, 4) is 0 Å². The Morgan fingerprint density at radius 1 is 1.15 bits per heavy atom. The predicted molar refractivity (Wildman–Crippen MR) is 81.7 cm³/mol. The van der Waals surface area contributed by atoms with Crippen LogP contribution in [0.2, 0.25) is 0 Å². The van der Waals surface area contributed by atoms with Gasteiger partial charge in [0.25, 0.3) is 0 Å².